The van der Waals surface area contributed by atoms with Crippen LogP contribution in [0.2, 0.25) is 5.02 Å². The standard InChI is InChI=1S/C24H25ClN2/c1-19-16-26(17-20-10-4-2-5-11-20)24(22-14-8-9-15-23(22)25)27(19)18-21-12-6-3-7-13-21/h2-15,19,24H,16-18H2,1H3. The summed E-state index contributed by atoms with van der Waals surface area (Å²) in [6.07, 6.45) is 0.175. The summed E-state index contributed by atoms with van der Waals surface area (Å²) in [5.74, 6) is 0. The van der Waals surface area contributed by atoms with Crippen molar-refractivity contribution in [2.45, 2.75) is 32.2 Å². The number of hydrogen-bond donors (Lipinski definition) is 0. The van der Waals surface area contributed by atoms with E-state index >= 15 is 0 Å². The molecule has 0 N–H and O–H groups in total. The molecule has 1 saturated heterocycles. The lowest BCUT2D eigenvalue weighted by molar-refractivity contribution is 0.112. The molecule has 3 heteroatoms. The second-order valence-corrected chi connectivity index (χ2v) is 7.72. The van der Waals surface area contributed by atoms with Crippen LogP contribution >= 0.6 is 11.6 Å². The molecule has 0 aliphatic carbocycles. The summed E-state index contributed by atoms with van der Waals surface area (Å²) in [6, 6.07) is 30.1. The molecule has 0 saturated carbocycles. The fraction of sp³-hybridized carbons (Fsp3) is 0.250. The van der Waals surface area contributed by atoms with Crippen molar-refractivity contribution in [1.82, 2.24) is 9.80 Å². The van der Waals surface area contributed by atoms with Gasteiger partial charge in [-0.1, -0.05) is 90.5 Å². The van der Waals surface area contributed by atoms with Crippen LogP contribution in [0.15, 0.2) is 84.9 Å². The minimum atomic E-state index is 0.175. The number of nitrogens with zero attached hydrogens (tertiary/aromatic N) is 2. The van der Waals surface area contributed by atoms with E-state index in [2.05, 4.69) is 89.5 Å². The average Bonchev–Trinajstić information content (AvgIpc) is 2.99. The highest BCUT2D eigenvalue weighted by atomic mass is 35.5. The Bertz CT molecular complexity index is 866. The fourth-order valence-corrected chi connectivity index (χ4v) is 4.29. The summed E-state index contributed by atoms with van der Waals surface area (Å²) < 4.78 is 0. The van der Waals surface area contributed by atoms with Gasteiger partial charge in [-0.15, -0.1) is 0 Å². The van der Waals surface area contributed by atoms with E-state index in [1.54, 1.807) is 0 Å². The highest BCUT2D eigenvalue weighted by molar-refractivity contribution is 6.31. The Labute approximate surface area is 167 Å². The highest BCUT2D eigenvalue weighted by Crippen LogP contribution is 2.38. The molecule has 2 unspecified atom stereocenters. The minimum Gasteiger partial charge on any atom is -0.278 e. The zero-order valence-electron chi connectivity index (χ0n) is 15.6. The van der Waals surface area contributed by atoms with Crippen LogP contribution in [0.1, 0.15) is 29.8 Å². The van der Waals surface area contributed by atoms with E-state index < -0.39 is 0 Å². The Morgan fingerprint density at radius 2 is 1.33 bits per heavy atom. The van der Waals surface area contributed by atoms with Gasteiger partial charge in [0.1, 0.15) is 0 Å². The Morgan fingerprint density at radius 3 is 1.96 bits per heavy atom. The molecule has 4 rings (SSSR count). The van der Waals surface area contributed by atoms with Crippen LogP contribution in [0, 0.1) is 0 Å². The molecule has 3 aromatic carbocycles. The van der Waals surface area contributed by atoms with E-state index in [1.807, 2.05) is 12.1 Å². The summed E-state index contributed by atoms with van der Waals surface area (Å²) in [7, 11) is 0. The lowest BCUT2D eigenvalue weighted by Crippen LogP contribution is -2.32. The first-order chi connectivity index (χ1) is 13.2. The van der Waals surface area contributed by atoms with Gasteiger partial charge in [0.05, 0.1) is 6.17 Å². The first kappa shape index (κ1) is 18.2. The third-order valence-electron chi connectivity index (χ3n) is 5.34. The summed E-state index contributed by atoms with van der Waals surface area (Å²) in [5.41, 5.74) is 3.86. The van der Waals surface area contributed by atoms with E-state index in [4.69, 9.17) is 11.6 Å². The van der Waals surface area contributed by atoms with Gasteiger partial charge in [0.25, 0.3) is 0 Å². The van der Waals surface area contributed by atoms with Gasteiger partial charge in [-0.2, -0.15) is 0 Å². The van der Waals surface area contributed by atoms with E-state index in [9.17, 15) is 0 Å². The molecule has 3 aromatic rings. The van der Waals surface area contributed by atoms with Gasteiger partial charge < -0.3 is 0 Å². The summed E-state index contributed by atoms with van der Waals surface area (Å²) in [4.78, 5) is 5.11. The topological polar surface area (TPSA) is 6.48 Å². The lowest BCUT2D eigenvalue weighted by atomic mass is 10.1. The van der Waals surface area contributed by atoms with Crippen molar-refractivity contribution in [2.24, 2.45) is 0 Å². The zero-order valence-corrected chi connectivity index (χ0v) is 16.4. The molecular weight excluding hydrogens is 352 g/mol. The summed E-state index contributed by atoms with van der Waals surface area (Å²) in [5, 5.41) is 0.840. The molecule has 0 bridgehead atoms. The van der Waals surface area contributed by atoms with Crippen LogP contribution in [0.25, 0.3) is 0 Å². The maximum absolute atomic E-state index is 6.64. The Morgan fingerprint density at radius 1 is 0.778 bits per heavy atom. The van der Waals surface area contributed by atoms with Gasteiger partial charge >= 0.3 is 0 Å². The van der Waals surface area contributed by atoms with Gasteiger partial charge in [0, 0.05) is 36.3 Å². The van der Waals surface area contributed by atoms with Gasteiger partial charge in [0.15, 0.2) is 0 Å². The normalized spacial score (nSPS) is 20.8. The van der Waals surface area contributed by atoms with Crippen molar-refractivity contribution in [2.75, 3.05) is 6.54 Å². The van der Waals surface area contributed by atoms with Crippen molar-refractivity contribution in [3.05, 3.63) is 107 Å². The molecule has 1 aliphatic heterocycles. The summed E-state index contributed by atoms with van der Waals surface area (Å²) >= 11 is 6.64. The van der Waals surface area contributed by atoms with Gasteiger partial charge in [0.2, 0.25) is 0 Å². The van der Waals surface area contributed by atoms with Gasteiger partial charge in [-0.05, 0) is 24.1 Å². The van der Waals surface area contributed by atoms with E-state index in [1.165, 1.54) is 16.7 Å². The van der Waals surface area contributed by atoms with E-state index in [0.29, 0.717) is 6.04 Å². The molecule has 1 fully saturated rings. The van der Waals surface area contributed by atoms with Crippen molar-refractivity contribution >= 4 is 11.6 Å². The van der Waals surface area contributed by atoms with Crippen LogP contribution in [0.5, 0.6) is 0 Å². The zero-order chi connectivity index (χ0) is 18.6. The number of hydrogen-bond acceptors (Lipinski definition) is 2. The smallest absolute Gasteiger partial charge is 0.0909 e. The molecule has 0 aromatic heterocycles. The van der Waals surface area contributed by atoms with Crippen molar-refractivity contribution in [3.63, 3.8) is 0 Å². The van der Waals surface area contributed by atoms with Crippen LogP contribution in [0.3, 0.4) is 0 Å². The average molecular weight is 377 g/mol. The Balaban J connectivity index is 1.67. The molecule has 2 nitrogen and oxygen atoms in total. The number of benzene rings is 3. The molecule has 1 aliphatic rings. The minimum absolute atomic E-state index is 0.175. The predicted molar refractivity (Wildman–Crippen MR) is 112 cm³/mol. The molecule has 138 valence electrons. The van der Waals surface area contributed by atoms with Gasteiger partial charge in [-0.25, -0.2) is 0 Å². The fourth-order valence-electron chi connectivity index (χ4n) is 4.06. The van der Waals surface area contributed by atoms with Crippen LogP contribution in [-0.4, -0.2) is 22.4 Å². The first-order valence-corrected chi connectivity index (χ1v) is 9.92. The molecule has 27 heavy (non-hydrogen) atoms. The highest BCUT2D eigenvalue weighted by Gasteiger charge is 2.38. The number of halogens is 1. The molecule has 0 radical (unpaired) electrons. The maximum Gasteiger partial charge on any atom is 0.0909 e. The van der Waals surface area contributed by atoms with Crippen molar-refractivity contribution < 1.29 is 0 Å². The summed E-state index contributed by atoms with van der Waals surface area (Å²) in [6.45, 7) is 5.19. The lowest BCUT2D eigenvalue weighted by Gasteiger charge is -2.32. The second kappa shape index (κ2) is 8.26. The monoisotopic (exact) mass is 376 g/mol. The second-order valence-electron chi connectivity index (χ2n) is 7.32. The van der Waals surface area contributed by atoms with Crippen LogP contribution in [-0.2, 0) is 13.1 Å². The SMILES string of the molecule is CC1CN(Cc2ccccc2)C(c2ccccc2Cl)N1Cc1ccccc1. The first-order valence-electron chi connectivity index (χ1n) is 9.54. The molecular formula is C24H25ClN2. The predicted octanol–water partition coefficient (Wildman–Crippen LogP) is 5.75. The molecule has 1 heterocycles. The Hall–Kier alpha value is -2.13. The van der Waals surface area contributed by atoms with E-state index in [0.717, 1.165) is 24.7 Å². The Kier molecular flexibility index (Phi) is 5.58. The van der Waals surface area contributed by atoms with Crippen molar-refractivity contribution in [3.8, 4) is 0 Å². The quantitative estimate of drug-likeness (QED) is 0.559. The molecule has 0 spiro atoms. The third-order valence-corrected chi connectivity index (χ3v) is 5.69. The van der Waals surface area contributed by atoms with Crippen LogP contribution in [0.4, 0.5) is 0 Å². The van der Waals surface area contributed by atoms with Crippen molar-refractivity contribution in [1.29, 1.82) is 0 Å². The maximum atomic E-state index is 6.64. The van der Waals surface area contributed by atoms with Crippen LogP contribution < -0.4 is 0 Å². The molecule has 2 atom stereocenters. The largest absolute Gasteiger partial charge is 0.278 e. The molecule has 0 amide bonds. The third kappa shape index (κ3) is 4.08. The number of rotatable bonds is 5. The van der Waals surface area contributed by atoms with Gasteiger partial charge in [-0.3, -0.25) is 9.80 Å². The van der Waals surface area contributed by atoms with E-state index in [-0.39, 0.29) is 6.17 Å².